The first kappa shape index (κ1) is 20.2. The van der Waals surface area contributed by atoms with Gasteiger partial charge in [-0.3, -0.25) is 14.4 Å². The summed E-state index contributed by atoms with van der Waals surface area (Å²) in [4.78, 5) is 37.7. The van der Waals surface area contributed by atoms with E-state index in [-0.39, 0.29) is 37.2 Å². The van der Waals surface area contributed by atoms with Crippen molar-refractivity contribution in [2.45, 2.75) is 32.4 Å². The van der Waals surface area contributed by atoms with Crippen LogP contribution < -0.4 is 11.1 Å². The lowest BCUT2D eigenvalue weighted by atomic mass is 10.1. The third-order valence-corrected chi connectivity index (χ3v) is 4.09. The molecule has 0 heterocycles. The Morgan fingerprint density at radius 1 is 1.00 bits per heavy atom. The summed E-state index contributed by atoms with van der Waals surface area (Å²) < 4.78 is 0. The molecule has 6 heteroatoms. The Kier molecular flexibility index (Phi) is 7.55. The van der Waals surface area contributed by atoms with Gasteiger partial charge in [0, 0.05) is 37.5 Å². The maximum absolute atomic E-state index is 12.7. The van der Waals surface area contributed by atoms with Crippen molar-refractivity contribution in [3.8, 4) is 0 Å². The number of nitrogens with zero attached hydrogens (tertiary/aromatic N) is 1. The summed E-state index contributed by atoms with van der Waals surface area (Å²) in [5, 5.41) is 2.83. The highest BCUT2D eigenvalue weighted by atomic mass is 16.2. The van der Waals surface area contributed by atoms with Crippen molar-refractivity contribution < 1.29 is 14.4 Å². The Morgan fingerprint density at radius 3 is 2.19 bits per heavy atom. The van der Waals surface area contributed by atoms with Gasteiger partial charge in [-0.05, 0) is 24.6 Å². The number of nitrogens with two attached hydrogens (primary N) is 1. The van der Waals surface area contributed by atoms with E-state index < -0.39 is 5.91 Å². The fourth-order valence-electron chi connectivity index (χ4n) is 2.68. The molecule has 0 spiro atoms. The van der Waals surface area contributed by atoms with Gasteiger partial charge in [-0.1, -0.05) is 48.5 Å². The molecule has 3 N–H and O–H groups in total. The molecule has 0 saturated heterocycles. The normalized spacial score (nSPS) is 11.4. The van der Waals surface area contributed by atoms with Gasteiger partial charge >= 0.3 is 0 Å². The SMILES string of the molecule is CC(CC(=O)N(CCC(N)=O)Cc1ccccc1)NC(=O)c1ccccc1. The molecule has 2 aromatic carbocycles. The van der Waals surface area contributed by atoms with Gasteiger partial charge in [-0.2, -0.15) is 0 Å². The van der Waals surface area contributed by atoms with Crippen molar-refractivity contribution in [1.82, 2.24) is 10.2 Å². The van der Waals surface area contributed by atoms with Gasteiger partial charge < -0.3 is 16.0 Å². The van der Waals surface area contributed by atoms with Gasteiger partial charge in [0.25, 0.3) is 5.91 Å². The van der Waals surface area contributed by atoms with Crippen LogP contribution >= 0.6 is 0 Å². The molecule has 2 rings (SSSR count). The van der Waals surface area contributed by atoms with Crippen molar-refractivity contribution in [2.75, 3.05) is 6.54 Å². The number of hydrogen-bond donors (Lipinski definition) is 2. The molecule has 0 fully saturated rings. The second-order valence-corrected chi connectivity index (χ2v) is 6.46. The van der Waals surface area contributed by atoms with E-state index in [1.807, 2.05) is 36.4 Å². The average molecular weight is 367 g/mol. The minimum absolute atomic E-state index is 0.101. The van der Waals surface area contributed by atoms with Crippen LogP contribution in [0.3, 0.4) is 0 Å². The molecule has 0 saturated carbocycles. The summed E-state index contributed by atoms with van der Waals surface area (Å²) in [5.74, 6) is -0.810. The molecular formula is C21H25N3O3. The topological polar surface area (TPSA) is 92.5 Å². The molecule has 0 radical (unpaired) electrons. The van der Waals surface area contributed by atoms with E-state index >= 15 is 0 Å². The van der Waals surface area contributed by atoms with Crippen LogP contribution in [0.15, 0.2) is 60.7 Å². The van der Waals surface area contributed by atoms with Crippen molar-refractivity contribution in [1.29, 1.82) is 0 Å². The minimum atomic E-state index is -0.453. The molecule has 0 aliphatic heterocycles. The molecule has 2 aromatic rings. The van der Waals surface area contributed by atoms with Crippen LogP contribution in [0.4, 0.5) is 0 Å². The molecule has 1 unspecified atom stereocenters. The van der Waals surface area contributed by atoms with Crippen LogP contribution in [0.2, 0.25) is 0 Å². The molecule has 6 nitrogen and oxygen atoms in total. The zero-order valence-electron chi connectivity index (χ0n) is 15.4. The molecule has 0 aliphatic carbocycles. The fourth-order valence-corrected chi connectivity index (χ4v) is 2.68. The van der Waals surface area contributed by atoms with E-state index in [1.165, 1.54) is 0 Å². The van der Waals surface area contributed by atoms with Crippen LogP contribution in [0.1, 0.15) is 35.7 Å². The Bertz CT molecular complexity index is 763. The third-order valence-electron chi connectivity index (χ3n) is 4.09. The van der Waals surface area contributed by atoms with Crippen LogP contribution in [-0.2, 0) is 16.1 Å². The Morgan fingerprint density at radius 2 is 1.59 bits per heavy atom. The highest BCUT2D eigenvalue weighted by molar-refractivity contribution is 5.94. The number of benzene rings is 2. The monoisotopic (exact) mass is 367 g/mol. The summed E-state index contributed by atoms with van der Waals surface area (Å²) in [7, 11) is 0. The number of rotatable bonds is 9. The van der Waals surface area contributed by atoms with Crippen molar-refractivity contribution in [3.63, 3.8) is 0 Å². The molecule has 0 aromatic heterocycles. The van der Waals surface area contributed by atoms with Gasteiger partial charge in [-0.15, -0.1) is 0 Å². The number of nitrogens with one attached hydrogen (secondary N) is 1. The van der Waals surface area contributed by atoms with Crippen LogP contribution in [0.25, 0.3) is 0 Å². The second-order valence-electron chi connectivity index (χ2n) is 6.46. The lowest BCUT2D eigenvalue weighted by molar-refractivity contribution is -0.132. The van der Waals surface area contributed by atoms with E-state index in [4.69, 9.17) is 5.73 Å². The number of carbonyl (C=O) groups is 3. The van der Waals surface area contributed by atoms with Gasteiger partial charge in [0.15, 0.2) is 0 Å². The molecule has 27 heavy (non-hydrogen) atoms. The summed E-state index contributed by atoms with van der Waals surface area (Å²) in [5.41, 5.74) is 6.75. The number of amides is 3. The van der Waals surface area contributed by atoms with E-state index in [9.17, 15) is 14.4 Å². The molecule has 0 aliphatic rings. The molecular weight excluding hydrogens is 342 g/mol. The average Bonchev–Trinajstić information content (AvgIpc) is 2.66. The summed E-state index contributed by atoms with van der Waals surface area (Å²) in [6.07, 6.45) is 0.244. The smallest absolute Gasteiger partial charge is 0.251 e. The maximum atomic E-state index is 12.7. The first-order valence-corrected chi connectivity index (χ1v) is 8.91. The summed E-state index contributed by atoms with van der Waals surface area (Å²) >= 11 is 0. The predicted octanol–water partition coefficient (Wildman–Crippen LogP) is 2.10. The third kappa shape index (κ3) is 6.93. The van der Waals surface area contributed by atoms with Gasteiger partial charge in [-0.25, -0.2) is 0 Å². The standard InChI is InChI=1S/C21H25N3O3/c1-16(23-21(27)18-10-6-3-7-11-18)14-20(26)24(13-12-19(22)25)15-17-8-4-2-5-9-17/h2-11,16H,12-15H2,1H3,(H2,22,25)(H,23,27). The Balaban J connectivity index is 1.96. The lowest BCUT2D eigenvalue weighted by Gasteiger charge is -2.24. The van der Waals surface area contributed by atoms with Crippen LogP contribution in [-0.4, -0.2) is 35.2 Å². The second kappa shape index (κ2) is 10.1. The Hall–Kier alpha value is -3.15. The minimum Gasteiger partial charge on any atom is -0.370 e. The highest BCUT2D eigenvalue weighted by Crippen LogP contribution is 2.09. The lowest BCUT2D eigenvalue weighted by Crippen LogP contribution is -2.40. The quantitative estimate of drug-likeness (QED) is 0.711. The Labute approximate surface area is 159 Å². The first-order valence-electron chi connectivity index (χ1n) is 8.91. The van der Waals surface area contributed by atoms with Gasteiger partial charge in [0.2, 0.25) is 11.8 Å². The van der Waals surface area contributed by atoms with E-state index in [0.29, 0.717) is 12.1 Å². The zero-order valence-corrected chi connectivity index (χ0v) is 15.4. The van der Waals surface area contributed by atoms with E-state index in [2.05, 4.69) is 5.32 Å². The van der Waals surface area contributed by atoms with Gasteiger partial charge in [0.05, 0.1) is 0 Å². The van der Waals surface area contributed by atoms with E-state index in [1.54, 1.807) is 36.1 Å². The largest absolute Gasteiger partial charge is 0.370 e. The van der Waals surface area contributed by atoms with E-state index in [0.717, 1.165) is 5.56 Å². The molecule has 3 amide bonds. The number of carbonyl (C=O) groups excluding carboxylic acids is 3. The first-order chi connectivity index (χ1) is 13.0. The maximum Gasteiger partial charge on any atom is 0.251 e. The zero-order chi connectivity index (χ0) is 19.6. The van der Waals surface area contributed by atoms with Crippen molar-refractivity contribution in [3.05, 3.63) is 71.8 Å². The highest BCUT2D eigenvalue weighted by Gasteiger charge is 2.19. The fraction of sp³-hybridized carbons (Fsp3) is 0.286. The van der Waals surface area contributed by atoms with Crippen LogP contribution in [0, 0.1) is 0 Å². The van der Waals surface area contributed by atoms with Crippen molar-refractivity contribution >= 4 is 17.7 Å². The summed E-state index contributed by atoms with van der Waals surface area (Å²) in [6, 6.07) is 18.1. The molecule has 1 atom stereocenters. The summed E-state index contributed by atoms with van der Waals surface area (Å²) in [6.45, 7) is 2.43. The predicted molar refractivity (Wildman–Crippen MR) is 104 cm³/mol. The van der Waals surface area contributed by atoms with Crippen molar-refractivity contribution in [2.24, 2.45) is 5.73 Å². The number of hydrogen-bond acceptors (Lipinski definition) is 3. The van der Waals surface area contributed by atoms with Crippen LogP contribution in [0.5, 0.6) is 0 Å². The molecule has 142 valence electrons. The van der Waals surface area contributed by atoms with Gasteiger partial charge in [0.1, 0.15) is 0 Å². The molecule has 0 bridgehead atoms. The number of primary amides is 1.